The molecule has 1 aromatic carbocycles. The van der Waals surface area contributed by atoms with Crippen LogP contribution in [0.1, 0.15) is 37.9 Å². The Morgan fingerprint density at radius 1 is 1.14 bits per heavy atom. The molecule has 1 aliphatic rings. The summed E-state index contributed by atoms with van der Waals surface area (Å²) in [6, 6.07) is 8.80. The van der Waals surface area contributed by atoms with Gasteiger partial charge in [0.05, 0.1) is 26.4 Å². The van der Waals surface area contributed by atoms with Crippen LogP contribution in [0.2, 0.25) is 0 Å². The summed E-state index contributed by atoms with van der Waals surface area (Å²) in [6.45, 7) is 5.05. The maximum atomic E-state index is 6.00. The number of hydrogen-bond donors (Lipinski definition) is 1. The molecular formula is C17H27NO3. The zero-order chi connectivity index (χ0) is 14.9. The monoisotopic (exact) mass is 293 g/mol. The van der Waals surface area contributed by atoms with E-state index in [2.05, 4.69) is 24.4 Å². The largest absolute Gasteiger partial charge is 0.497 e. The summed E-state index contributed by atoms with van der Waals surface area (Å²) >= 11 is 0. The summed E-state index contributed by atoms with van der Waals surface area (Å²) in [6.07, 6.45) is 3.69. The molecule has 0 saturated heterocycles. The van der Waals surface area contributed by atoms with Gasteiger partial charge < -0.3 is 19.5 Å². The van der Waals surface area contributed by atoms with Gasteiger partial charge in [-0.15, -0.1) is 0 Å². The fourth-order valence-electron chi connectivity index (χ4n) is 2.15. The van der Waals surface area contributed by atoms with E-state index >= 15 is 0 Å². The third-order valence-electron chi connectivity index (χ3n) is 3.55. The van der Waals surface area contributed by atoms with Crippen LogP contribution in [0.5, 0.6) is 5.75 Å². The van der Waals surface area contributed by atoms with E-state index in [1.807, 2.05) is 12.1 Å². The molecule has 0 aliphatic heterocycles. The molecule has 0 spiro atoms. The van der Waals surface area contributed by atoms with Crippen LogP contribution in [-0.4, -0.2) is 39.5 Å². The molecule has 1 unspecified atom stereocenters. The minimum atomic E-state index is 0.0710. The highest BCUT2D eigenvalue weighted by Gasteiger charge is 2.22. The highest BCUT2D eigenvalue weighted by Crippen LogP contribution is 2.23. The van der Waals surface area contributed by atoms with Crippen LogP contribution < -0.4 is 10.1 Å². The van der Waals surface area contributed by atoms with Gasteiger partial charge in [0.25, 0.3) is 0 Å². The Labute approximate surface area is 127 Å². The van der Waals surface area contributed by atoms with Gasteiger partial charge in [-0.25, -0.2) is 0 Å². The Hall–Kier alpha value is -1.10. The lowest BCUT2D eigenvalue weighted by Gasteiger charge is -2.19. The number of benzene rings is 1. The van der Waals surface area contributed by atoms with Gasteiger partial charge in [-0.1, -0.05) is 19.1 Å². The SMILES string of the molecule is CCCOCCOC(CNC1CC1)c1ccc(OC)cc1. The quantitative estimate of drug-likeness (QED) is 0.637. The Bertz CT molecular complexity index is 390. The van der Waals surface area contributed by atoms with Crippen LogP contribution in [0.4, 0.5) is 0 Å². The topological polar surface area (TPSA) is 39.7 Å². The second-order valence-corrected chi connectivity index (χ2v) is 5.43. The number of methoxy groups -OCH3 is 1. The van der Waals surface area contributed by atoms with Crippen molar-refractivity contribution in [3.05, 3.63) is 29.8 Å². The molecule has 0 bridgehead atoms. The van der Waals surface area contributed by atoms with E-state index in [1.165, 1.54) is 18.4 Å². The summed E-state index contributed by atoms with van der Waals surface area (Å²) < 4.78 is 16.7. The lowest BCUT2D eigenvalue weighted by atomic mass is 10.1. The highest BCUT2D eigenvalue weighted by molar-refractivity contribution is 5.28. The Morgan fingerprint density at radius 2 is 1.90 bits per heavy atom. The molecule has 1 saturated carbocycles. The minimum Gasteiger partial charge on any atom is -0.497 e. The van der Waals surface area contributed by atoms with E-state index in [9.17, 15) is 0 Å². The van der Waals surface area contributed by atoms with Gasteiger partial charge in [-0.05, 0) is 37.0 Å². The van der Waals surface area contributed by atoms with Gasteiger partial charge in [-0.3, -0.25) is 0 Å². The maximum Gasteiger partial charge on any atom is 0.118 e. The third-order valence-corrected chi connectivity index (χ3v) is 3.55. The molecule has 0 amide bonds. The summed E-state index contributed by atoms with van der Waals surface area (Å²) in [7, 11) is 1.68. The normalized spacial score (nSPS) is 15.9. The first kappa shape index (κ1) is 16.3. The first-order chi connectivity index (χ1) is 10.3. The predicted molar refractivity (Wildman–Crippen MR) is 83.8 cm³/mol. The van der Waals surface area contributed by atoms with Crippen LogP contribution in [0.25, 0.3) is 0 Å². The first-order valence-electron chi connectivity index (χ1n) is 7.90. The van der Waals surface area contributed by atoms with Gasteiger partial charge in [0.2, 0.25) is 0 Å². The maximum absolute atomic E-state index is 6.00. The second kappa shape index (κ2) is 9.03. The van der Waals surface area contributed by atoms with Crippen molar-refractivity contribution in [1.29, 1.82) is 0 Å². The number of hydrogen-bond acceptors (Lipinski definition) is 4. The van der Waals surface area contributed by atoms with Crippen molar-refractivity contribution in [3.63, 3.8) is 0 Å². The predicted octanol–water partition coefficient (Wildman–Crippen LogP) is 2.93. The van der Waals surface area contributed by atoms with Crippen molar-refractivity contribution in [2.45, 2.75) is 38.3 Å². The van der Waals surface area contributed by atoms with Crippen molar-refractivity contribution in [2.24, 2.45) is 0 Å². The van der Waals surface area contributed by atoms with E-state index < -0.39 is 0 Å². The van der Waals surface area contributed by atoms with E-state index in [0.29, 0.717) is 19.3 Å². The van der Waals surface area contributed by atoms with Gasteiger partial charge in [0.15, 0.2) is 0 Å². The molecule has 0 radical (unpaired) electrons. The fraction of sp³-hybridized carbons (Fsp3) is 0.647. The zero-order valence-corrected chi connectivity index (χ0v) is 13.1. The van der Waals surface area contributed by atoms with Crippen LogP contribution in [0, 0.1) is 0 Å². The molecule has 1 aromatic rings. The lowest BCUT2D eigenvalue weighted by molar-refractivity contribution is 0.00410. The number of nitrogens with one attached hydrogen (secondary N) is 1. The molecule has 118 valence electrons. The summed E-state index contributed by atoms with van der Waals surface area (Å²) in [5, 5.41) is 3.54. The average Bonchev–Trinajstić information content (AvgIpc) is 3.34. The van der Waals surface area contributed by atoms with Crippen molar-refractivity contribution < 1.29 is 14.2 Å². The standard InChI is InChI=1S/C17H27NO3/c1-3-10-20-11-12-21-17(13-18-15-6-7-15)14-4-8-16(19-2)9-5-14/h4-5,8-9,15,17-18H,3,6-7,10-13H2,1-2H3. The number of ether oxygens (including phenoxy) is 3. The van der Waals surface area contributed by atoms with Crippen molar-refractivity contribution in [2.75, 3.05) is 33.5 Å². The molecule has 0 heterocycles. The van der Waals surface area contributed by atoms with Crippen molar-refractivity contribution in [3.8, 4) is 5.75 Å². The highest BCUT2D eigenvalue weighted by atomic mass is 16.5. The second-order valence-electron chi connectivity index (χ2n) is 5.43. The average molecular weight is 293 g/mol. The Kier molecular flexibility index (Phi) is 7.00. The fourth-order valence-corrected chi connectivity index (χ4v) is 2.15. The number of rotatable bonds is 11. The Balaban J connectivity index is 1.83. The van der Waals surface area contributed by atoms with Crippen LogP contribution in [-0.2, 0) is 9.47 Å². The molecule has 0 aromatic heterocycles. The molecule has 4 heteroatoms. The Morgan fingerprint density at radius 3 is 2.52 bits per heavy atom. The van der Waals surface area contributed by atoms with Crippen molar-refractivity contribution in [1.82, 2.24) is 5.32 Å². The molecule has 1 fully saturated rings. The van der Waals surface area contributed by atoms with Gasteiger partial charge in [0, 0.05) is 19.2 Å². The summed E-state index contributed by atoms with van der Waals surface area (Å²) in [5.74, 6) is 0.874. The van der Waals surface area contributed by atoms with Crippen LogP contribution in [0.15, 0.2) is 24.3 Å². The molecule has 2 rings (SSSR count). The molecule has 21 heavy (non-hydrogen) atoms. The van der Waals surface area contributed by atoms with Gasteiger partial charge in [-0.2, -0.15) is 0 Å². The van der Waals surface area contributed by atoms with Crippen LogP contribution >= 0.6 is 0 Å². The van der Waals surface area contributed by atoms with E-state index in [-0.39, 0.29) is 6.10 Å². The van der Waals surface area contributed by atoms with E-state index in [4.69, 9.17) is 14.2 Å². The van der Waals surface area contributed by atoms with Crippen molar-refractivity contribution >= 4 is 0 Å². The first-order valence-corrected chi connectivity index (χ1v) is 7.90. The zero-order valence-electron chi connectivity index (χ0n) is 13.1. The molecule has 1 atom stereocenters. The summed E-state index contributed by atoms with van der Waals surface area (Å²) in [4.78, 5) is 0. The van der Waals surface area contributed by atoms with E-state index in [0.717, 1.165) is 25.3 Å². The third kappa shape index (κ3) is 6.04. The minimum absolute atomic E-state index is 0.0710. The molecular weight excluding hydrogens is 266 g/mol. The van der Waals surface area contributed by atoms with Gasteiger partial charge >= 0.3 is 0 Å². The summed E-state index contributed by atoms with van der Waals surface area (Å²) in [5.41, 5.74) is 1.18. The van der Waals surface area contributed by atoms with E-state index in [1.54, 1.807) is 7.11 Å². The van der Waals surface area contributed by atoms with Crippen LogP contribution in [0.3, 0.4) is 0 Å². The smallest absolute Gasteiger partial charge is 0.118 e. The van der Waals surface area contributed by atoms with Gasteiger partial charge in [0.1, 0.15) is 5.75 Å². The molecule has 1 N–H and O–H groups in total. The molecule has 4 nitrogen and oxygen atoms in total. The lowest BCUT2D eigenvalue weighted by Crippen LogP contribution is -2.26. The molecule has 1 aliphatic carbocycles.